The smallest absolute Gasteiger partial charge is 0.247 e. The van der Waals surface area contributed by atoms with E-state index in [0.29, 0.717) is 135 Å². The molecule has 0 atom stereocenters. The van der Waals surface area contributed by atoms with Gasteiger partial charge in [-0.05, 0) is 203 Å². The minimum atomic E-state index is -2.57. The number of piperidine rings is 4. The number of carbonyl (C=O) groups is 3. The molecule has 0 aliphatic carbocycles. The second-order valence-corrected chi connectivity index (χ2v) is 44.7. The van der Waals surface area contributed by atoms with Crippen LogP contribution in [0, 0.1) is 0 Å². The Hall–Kier alpha value is -10.8. The molecule has 6 aliphatic heterocycles. The van der Waals surface area contributed by atoms with Crippen LogP contribution in [0.15, 0.2) is 166 Å². The van der Waals surface area contributed by atoms with Crippen molar-refractivity contribution in [3.8, 4) is 17.2 Å². The van der Waals surface area contributed by atoms with Crippen LogP contribution in [0.4, 0.5) is 104 Å². The molecule has 31 nitrogen and oxygen atoms in total. The first kappa shape index (κ1) is 105. The molecule has 6 fully saturated rings. The molecule has 6 aromatic carbocycles. The van der Waals surface area contributed by atoms with Gasteiger partial charge in [-0.3, -0.25) is 19.3 Å². The Labute approximate surface area is 804 Å². The van der Waals surface area contributed by atoms with Gasteiger partial charge in [0.1, 0.15) is 53.7 Å². The Balaban J connectivity index is 0.000000206. The van der Waals surface area contributed by atoms with E-state index >= 15 is 0 Å². The van der Waals surface area contributed by atoms with E-state index in [9.17, 15) is 28.1 Å². The van der Waals surface area contributed by atoms with Gasteiger partial charge in [0.2, 0.25) is 35.6 Å². The van der Waals surface area contributed by atoms with Crippen molar-refractivity contribution in [3.63, 3.8) is 0 Å². The molecular formula is C97H131Cl3N21O10P3. The molecule has 134 heavy (non-hydrogen) atoms. The molecule has 3 amide bonds. The molecule has 15 rings (SSSR count). The highest BCUT2D eigenvalue weighted by molar-refractivity contribution is 7.71. The summed E-state index contributed by atoms with van der Waals surface area (Å²) < 4.78 is 61.5. The molecule has 9 aromatic rings. The number of para-hydroxylation sites is 3. The van der Waals surface area contributed by atoms with E-state index in [1.54, 1.807) is 61.3 Å². The zero-order valence-electron chi connectivity index (χ0n) is 75.8. The average Bonchev–Trinajstić information content (AvgIpc) is 0.785. The lowest BCUT2D eigenvalue weighted by Gasteiger charge is -2.41. The number of benzene rings is 6. The summed E-state index contributed by atoms with van der Waals surface area (Å²) in [6.07, 6.45) is 21.0. The highest BCUT2D eigenvalue weighted by Gasteiger charge is 2.34. The van der Waals surface area contributed by atoms with Crippen LogP contribution in [-0.2, 0) is 32.8 Å². The third-order valence-electron chi connectivity index (χ3n) is 24.0. The minimum Gasteiger partial charge on any atom is -0.494 e. The molecule has 0 spiro atoms. The first-order valence-electron chi connectivity index (χ1n) is 44.1. The summed E-state index contributed by atoms with van der Waals surface area (Å²) in [6.45, 7) is 34.6. The van der Waals surface area contributed by atoms with Crippen LogP contribution in [-0.4, -0.2) is 234 Å². The maximum atomic E-state index is 12.9. The van der Waals surface area contributed by atoms with Crippen molar-refractivity contribution in [3.05, 3.63) is 181 Å². The summed E-state index contributed by atoms with van der Waals surface area (Å²) in [5.41, 5.74) is 8.19. The standard InChI is InChI=1S/C32H41ClN7O3P.C31H39ClN7O4P.C31H39ClN7O3P.3CH4/c1-5-30(41)35-25-19-26(28(43-2)20-27(25)40-17-13-22(14-18-40)39-15-9-6-10-16-39)37-32-34-21-23(33)31(38-32)36-24-11-7-8-12-29(24)44(3,4)42;1-5-29(40)34-24-18-25(27(42-2)19-26(24)39-12-10-21(11-13-39)38-14-16-43-17-15-38)36-31-33-20-22(32)30(37-31)35-23-8-6-7-9-28(23)44(3,4)41;1-5-29(40)34-24-18-25(27(42-2)19-26(24)39-16-12-21(13-17-39)38-14-8-9-15-38)36-31-33-20-22(32)30(37-31)35-23-10-6-7-11-28(23)43(3,4)41;;;/h5,7-8,11-12,19-22H,1,6,9-10,13-18H2,2-4H3,(H,35,41)(H2,34,36,37,38);5-9,18-21H,1,10-17H2,2-4H3,(H,34,40)(H2,33,35,36,37);5-7,10-11,18-21H,1,8-9,12-17H2,2-4H3,(H,34,40)(H2,33,35,36,37);3*1H4. The fourth-order valence-electron chi connectivity index (χ4n) is 17.3. The van der Waals surface area contributed by atoms with Gasteiger partial charge < -0.3 is 105 Å². The summed E-state index contributed by atoms with van der Waals surface area (Å²) in [4.78, 5) is 79.0. The monoisotopic (exact) mass is 1950 g/mol. The van der Waals surface area contributed by atoms with Crippen LogP contribution in [0.3, 0.4) is 0 Å². The maximum absolute atomic E-state index is 12.9. The maximum Gasteiger partial charge on any atom is 0.247 e. The molecule has 6 saturated heterocycles. The molecule has 9 heterocycles. The second kappa shape index (κ2) is 48.6. The molecule has 37 heteroatoms. The lowest BCUT2D eigenvalue weighted by Crippen LogP contribution is -2.49. The van der Waals surface area contributed by atoms with Gasteiger partial charge in [-0.25, -0.2) is 15.0 Å². The Morgan fingerprint density at radius 3 is 0.896 bits per heavy atom. The van der Waals surface area contributed by atoms with Crippen molar-refractivity contribution in [1.82, 2.24) is 44.6 Å². The number of amides is 3. The van der Waals surface area contributed by atoms with Gasteiger partial charge in [0, 0.05) is 105 Å². The number of carbonyl (C=O) groups excluding carboxylic acids is 3. The van der Waals surface area contributed by atoms with Crippen molar-refractivity contribution in [1.29, 1.82) is 0 Å². The molecule has 3 aromatic heterocycles. The third kappa shape index (κ3) is 27.5. The van der Waals surface area contributed by atoms with Crippen LogP contribution in [0.5, 0.6) is 17.2 Å². The Morgan fingerprint density at radius 1 is 0.373 bits per heavy atom. The summed E-state index contributed by atoms with van der Waals surface area (Å²) in [5.74, 6) is 2.63. The van der Waals surface area contributed by atoms with Gasteiger partial charge in [0.05, 0.1) is 121 Å². The number of halogens is 3. The molecule has 0 saturated carbocycles. The number of rotatable bonds is 30. The zero-order chi connectivity index (χ0) is 93.1. The van der Waals surface area contributed by atoms with Gasteiger partial charge in [-0.2, -0.15) is 15.0 Å². The van der Waals surface area contributed by atoms with Gasteiger partial charge in [-0.1, -0.05) is 120 Å². The van der Waals surface area contributed by atoms with Crippen molar-refractivity contribution in [2.24, 2.45) is 0 Å². The van der Waals surface area contributed by atoms with Crippen molar-refractivity contribution in [2.45, 2.75) is 111 Å². The molecule has 6 aliphatic rings. The van der Waals surface area contributed by atoms with Crippen LogP contribution in [0.1, 0.15) is 92.9 Å². The lowest BCUT2D eigenvalue weighted by atomic mass is 9.99. The quantitative estimate of drug-likeness (QED) is 0.0149. The number of likely N-dealkylation sites (tertiary alicyclic amines) is 2. The first-order valence-corrected chi connectivity index (χ1v) is 53.1. The second-order valence-electron chi connectivity index (χ2n) is 34.0. The molecule has 0 unspecified atom stereocenters. The molecular weight excluding hydrogens is 1820 g/mol. The molecule has 0 radical (unpaired) electrons. The number of morpholine rings is 1. The fourth-order valence-corrected chi connectivity index (χ4v) is 21.2. The Kier molecular flexibility index (Phi) is 38.2. The number of hydrogen-bond acceptors (Lipinski definition) is 28. The number of ether oxygens (including phenoxy) is 4. The summed E-state index contributed by atoms with van der Waals surface area (Å²) in [6, 6.07) is 35.1. The van der Waals surface area contributed by atoms with Gasteiger partial charge >= 0.3 is 0 Å². The topological polar surface area (TPSA) is 344 Å². The van der Waals surface area contributed by atoms with Crippen LogP contribution in [0.2, 0.25) is 15.1 Å². The van der Waals surface area contributed by atoms with Gasteiger partial charge in [0.25, 0.3) is 0 Å². The van der Waals surface area contributed by atoms with Crippen LogP contribution < -0.4 is 92.7 Å². The zero-order valence-corrected chi connectivity index (χ0v) is 80.8. The summed E-state index contributed by atoms with van der Waals surface area (Å²) in [5, 5.41) is 31.2. The number of methoxy groups -OCH3 is 3. The summed E-state index contributed by atoms with van der Waals surface area (Å²) >= 11 is 19.4. The molecule has 9 N–H and O–H groups in total. The predicted octanol–water partition coefficient (Wildman–Crippen LogP) is 19.7. The van der Waals surface area contributed by atoms with Crippen molar-refractivity contribution >= 4 is 193 Å². The van der Waals surface area contributed by atoms with E-state index in [4.69, 9.17) is 53.8 Å². The Bertz CT molecular complexity index is 5500. The van der Waals surface area contributed by atoms with E-state index < -0.39 is 21.4 Å². The van der Waals surface area contributed by atoms with E-state index in [1.807, 2.05) is 109 Å². The Morgan fingerprint density at radius 2 is 0.634 bits per heavy atom. The van der Waals surface area contributed by atoms with Crippen molar-refractivity contribution < 1.29 is 47.0 Å². The van der Waals surface area contributed by atoms with Crippen LogP contribution >= 0.6 is 56.2 Å². The molecule has 0 bridgehead atoms. The first-order chi connectivity index (χ1) is 63.0. The summed E-state index contributed by atoms with van der Waals surface area (Å²) in [7, 11) is -2.88. The van der Waals surface area contributed by atoms with E-state index in [1.165, 1.54) is 95.1 Å². The number of nitrogens with one attached hydrogen (secondary N) is 9. The van der Waals surface area contributed by atoms with Gasteiger partial charge in [0.15, 0.2) is 17.5 Å². The van der Waals surface area contributed by atoms with E-state index in [0.717, 1.165) is 121 Å². The van der Waals surface area contributed by atoms with E-state index in [-0.39, 0.29) is 57.8 Å². The average molecular weight is 1950 g/mol. The number of aromatic nitrogens is 6. The predicted molar refractivity (Wildman–Crippen MR) is 557 cm³/mol. The fraction of sp³-hybridized carbons (Fsp3) is 0.412. The number of hydrogen-bond donors (Lipinski definition) is 9. The third-order valence-corrected chi connectivity index (χ3v) is 29.5. The minimum absolute atomic E-state index is 0. The highest BCUT2D eigenvalue weighted by atomic mass is 35.5. The number of anilines is 18. The molecule has 720 valence electrons. The van der Waals surface area contributed by atoms with Crippen molar-refractivity contribution in [2.75, 3.05) is 216 Å². The van der Waals surface area contributed by atoms with E-state index in [2.05, 4.69) is 127 Å². The highest BCUT2D eigenvalue weighted by Crippen LogP contribution is 2.47. The lowest BCUT2D eigenvalue weighted by molar-refractivity contribution is -0.112. The SMILES string of the molecule is C.C.C.C=CC(=O)Nc1cc(Nc2ncc(Cl)c(Nc3ccccc3P(C)(C)=O)n2)c(OC)cc1N1CCC(N2CCCC2)CC1.C=CC(=O)Nc1cc(Nc2ncc(Cl)c(Nc3ccccc3P(C)(C)=O)n2)c(OC)cc1N1CCC(N2CCCCC2)CC1.C=CC(=O)Nc1cc(Nc2ncc(Cl)c(Nc3ccccc3P(C)(C)=O)n2)c(OC)cc1N1CCC(N2CCOCC2)CC1. The normalized spacial score (nSPS) is 15.9. The number of nitrogens with zero attached hydrogens (tertiary/aromatic N) is 12. The van der Waals surface area contributed by atoms with Gasteiger partial charge in [-0.15, -0.1) is 0 Å². The largest absolute Gasteiger partial charge is 0.494 e. The van der Waals surface area contributed by atoms with Crippen LogP contribution in [0.25, 0.3) is 0 Å².